The van der Waals surface area contributed by atoms with E-state index in [1.165, 1.54) is 6.07 Å². The van der Waals surface area contributed by atoms with Crippen LogP contribution in [0.25, 0.3) is 0 Å². The summed E-state index contributed by atoms with van der Waals surface area (Å²) in [6, 6.07) is 5.98. The minimum atomic E-state index is -4.66. The van der Waals surface area contributed by atoms with Crippen LogP contribution in [0.4, 0.5) is 17.6 Å². The van der Waals surface area contributed by atoms with Crippen LogP contribution in [0.2, 0.25) is 0 Å². The van der Waals surface area contributed by atoms with E-state index in [1.807, 2.05) is 0 Å². The number of nitrogens with one attached hydrogen (secondary N) is 1. The van der Waals surface area contributed by atoms with Gasteiger partial charge in [-0.1, -0.05) is 6.07 Å². The van der Waals surface area contributed by atoms with Gasteiger partial charge < -0.3 is 4.74 Å². The quantitative estimate of drug-likeness (QED) is 0.476. The summed E-state index contributed by atoms with van der Waals surface area (Å²) in [4.78, 5) is 11.8. The van der Waals surface area contributed by atoms with E-state index in [0.717, 1.165) is 47.7 Å². The van der Waals surface area contributed by atoms with E-state index >= 15 is 0 Å². The number of nitrogens with zero attached hydrogens (tertiary/aromatic N) is 1. The lowest BCUT2D eigenvalue weighted by Crippen LogP contribution is -2.39. The number of carbonyl (C=O) groups excluding carboxylic acids is 1. The van der Waals surface area contributed by atoms with Crippen LogP contribution in [0.1, 0.15) is 53.1 Å². The highest BCUT2D eigenvalue weighted by Crippen LogP contribution is 2.45. The van der Waals surface area contributed by atoms with Crippen molar-refractivity contribution in [2.24, 2.45) is 5.92 Å². The number of halogens is 4. The fourth-order valence-electron chi connectivity index (χ4n) is 4.31. The van der Waals surface area contributed by atoms with Crippen molar-refractivity contribution in [3.05, 3.63) is 58.9 Å². The van der Waals surface area contributed by atoms with Gasteiger partial charge in [0.25, 0.3) is 5.91 Å². The molecule has 1 saturated carbocycles. The van der Waals surface area contributed by atoms with Crippen molar-refractivity contribution in [2.45, 2.75) is 42.7 Å². The van der Waals surface area contributed by atoms with E-state index in [-0.39, 0.29) is 37.3 Å². The highest BCUT2D eigenvalue weighted by molar-refractivity contribution is 7.89. The number of rotatable bonds is 8. The maximum atomic E-state index is 14.7. The second kappa shape index (κ2) is 10.5. The minimum Gasteiger partial charge on any atom is -0.493 e. The van der Waals surface area contributed by atoms with Crippen molar-refractivity contribution >= 4 is 26.0 Å². The van der Waals surface area contributed by atoms with Gasteiger partial charge in [-0.05, 0) is 67.3 Å². The van der Waals surface area contributed by atoms with Gasteiger partial charge >= 0.3 is 6.18 Å². The first-order valence-electron chi connectivity index (χ1n) is 11.8. The Labute approximate surface area is 218 Å². The molecule has 0 aromatic heterocycles. The Kier molecular flexibility index (Phi) is 7.79. The monoisotopic (exact) mass is 578 g/mol. The molecule has 208 valence electrons. The van der Waals surface area contributed by atoms with Crippen LogP contribution in [0.3, 0.4) is 0 Å². The van der Waals surface area contributed by atoms with E-state index in [2.05, 4.69) is 0 Å². The molecule has 1 heterocycles. The Morgan fingerprint density at radius 1 is 1.05 bits per heavy atom. The summed E-state index contributed by atoms with van der Waals surface area (Å²) in [7, 11) is -7.99. The molecule has 2 aromatic carbocycles. The van der Waals surface area contributed by atoms with E-state index < -0.39 is 54.0 Å². The summed E-state index contributed by atoms with van der Waals surface area (Å²) in [6.45, 7) is 0.313. The van der Waals surface area contributed by atoms with Crippen LogP contribution in [0, 0.1) is 11.7 Å². The number of sulfonamides is 2. The van der Waals surface area contributed by atoms with Crippen LogP contribution in [0.15, 0.2) is 41.3 Å². The van der Waals surface area contributed by atoms with Crippen molar-refractivity contribution in [3.63, 3.8) is 0 Å². The van der Waals surface area contributed by atoms with Crippen molar-refractivity contribution < 1.29 is 43.9 Å². The maximum Gasteiger partial charge on any atom is 0.416 e. The first-order chi connectivity index (χ1) is 17.6. The molecule has 14 heteroatoms. The van der Waals surface area contributed by atoms with Gasteiger partial charge in [-0.25, -0.2) is 25.9 Å². The maximum absolute atomic E-state index is 14.7. The highest BCUT2D eigenvalue weighted by Gasteiger charge is 2.35. The normalized spacial score (nSPS) is 17.8. The van der Waals surface area contributed by atoms with E-state index in [0.29, 0.717) is 24.5 Å². The van der Waals surface area contributed by atoms with Gasteiger partial charge in [0.2, 0.25) is 20.0 Å². The van der Waals surface area contributed by atoms with Gasteiger partial charge in [-0.2, -0.15) is 17.5 Å². The molecule has 0 unspecified atom stereocenters. The molecular formula is C24H26F4N2O6S2. The zero-order valence-corrected chi connectivity index (χ0v) is 21.9. The smallest absolute Gasteiger partial charge is 0.416 e. The molecule has 2 aliphatic rings. The Balaban J connectivity index is 1.41. The molecule has 1 saturated heterocycles. The Morgan fingerprint density at radius 2 is 1.71 bits per heavy atom. The molecular weight excluding hydrogens is 552 g/mol. The van der Waals surface area contributed by atoms with Crippen molar-refractivity contribution in [3.8, 4) is 5.75 Å². The van der Waals surface area contributed by atoms with Crippen LogP contribution in [0.5, 0.6) is 5.75 Å². The van der Waals surface area contributed by atoms with E-state index in [1.54, 1.807) is 4.72 Å². The molecule has 0 spiro atoms. The topological polar surface area (TPSA) is 110 Å². The molecule has 2 aromatic rings. The fraction of sp³-hybridized carbons (Fsp3) is 0.458. The third kappa shape index (κ3) is 6.64. The molecule has 0 atom stereocenters. The van der Waals surface area contributed by atoms with Crippen LogP contribution < -0.4 is 9.46 Å². The Bertz CT molecular complexity index is 1430. The number of alkyl halides is 3. The zero-order valence-electron chi connectivity index (χ0n) is 20.3. The standard InChI is InChI=1S/C24H26F4N2O6S2/c1-37(32,33)29-23(31)20-12-19(16-5-6-16)22(13-21(20)25)36-14-15-7-9-30(10-8-15)38(34,35)18-4-2-3-17(11-18)24(26,27)28/h2-4,11-13,15-16H,5-10,14H2,1H3,(H,29,31). The van der Waals surface area contributed by atoms with E-state index in [9.17, 15) is 39.2 Å². The molecule has 1 N–H and O–H groups in total. The average molecular weight is 579 g/mol. The first-order valence-corrected chi connectivity index (χ1v) is 15.1. The predicted octanol–water partition coefficient (Wildman–Crippen LogP) is 3.89. The number of carbonyl (C=O) groups is 1. The summed E-state index contributed by atoms with van der Waals surface area (Å²) in [6.07, 6.45) is -1.49. The Hall–Kier alpha value is -2.71. The van der Waals surface area contributed by atoms with Crippen LogP contribution >= 0.6 is 0 Å². The Morgan fingerprint density at radius 3 is 2.29 bits per heavy atom. The predicted molar refractivity (Wildman–Crippen MR) is 129 cm³/mol. The van der Waals surface area contributed by atoms with Crippen molar-refractivity contribution in [1.82, 2.24) is 9.03 Å². The van der Waals surface area contributed by atoms with Gasteiger partial charge in [-0.3, -0.25) is 4.79 Å². The first kappa shape index (κ1) is 28.3. The molecule has 38 heavy (non-hydrogen) atoms. The summed E-state index contributed by atoms with van der Waals surface area (Å²) in [5.74, 6) is -1.82. The van der Waals surface area contributed by atoms with Crippen LogP contribution in [-0.2, 0) is 26.2 Å². The molecule has 1 aliphatic heterocycles. The molecule has 4 rings (SSSR count). The van der Waals surface area contributed by atoms with Gasteiger partial charge in [-0.15, -0.1) is 0 Å². The highest BCUT2D eigenvalue weighted by atomic mass is 32.2. The lowest BCUT2D eigenvalue weighted by Gasteiger charge is -2.31. The van der Waals surface area contributed by atoms with Gasteiger partial charge in [0.05, 0.1) is 28.9 Å². The summed E-state index contributed by atoms with van der Waals surface area (Å²) < 4.78 is 111. The lowest BCUT2D eigenvalue weighted by atomic mass is 9.99. The average Bonchev–Trinajstić information content (AvgIpc) is 3.67. The number of amides is 1. The lowest BCUT2D eigenvalue weighted by molar-refractivity contribution is -0.137. The second-order valence-corrected chi connectivity index (χ2v) is 13.2. The molecule has 8 nitrogen and oxygen atoms in total. The zero-order chi connectivity index (χ0) is 27.9. The molecule has 1 amide bonds. The minimum absolute atomic E-state index is 0.0508. The van der Waals surface area contributed by atoms with Crippen LogP contribution in [-0.4, -0.2) is 53.0 Å². The third-order valence-corrected chi connectivity index (χ3v) is 8.94. The SMILES string of the molecule is CS(=O)(=O)NC(=O)c1cc(C2CC2)c(OCC2CCN(S(=O)(=O)c3cccc(C(F)(F)F)c3)CC2)cc1F. The second-order valence-electron chi connectivity index (χ2n) is 9.53. The van der Waals surface area contributed by atoms with E-state index in [4.69, 9.17) is 4.74 Å². The fourth-order valence-corrected chi connectivity index (χ4v) is 6.28. The van der Waals surface area contributed by atoms with Gasteiger partial charge in [0.15, 0.2) is 0 Å². The number of piperidine rings is 1. The third-order valence-electron chi connectivity index (χ3n) is 6.49. The van der Waals surface area contributed by atoms with Gasteiger partial charge in [0, 0.05) is 19.2 Å². The molecule has 1 aliphatic carbocycles. The summed E-state index contributed by atoms with van der Waals surface area (Å²) in [5, 5.41) is 0. The van der Waals surface area contributed by atoms with Crippen molar-refractivity contribution in [1.29, 1.82) is 0 Å². The molecule has 0 bridgehead atoms. The molecule has 0 radical (unpaired) electrons. The van der Waals surface area contributed by atoms with Gasteiger partial charge in [0.1, 0.15) is 11.6 Å². The number of hydrogen-bond acceptors (Lipinski definition) is 6. The molecule has 2 fully saturated rings. The largest absolute Gasteiger partial charge is 0.493 e. The number of hydrogen-bond donors (Lipinski definition) is 1. The number of ether oxygens (including phenoxy) is 1. The number of benzene rings is 2. The van der Waals surface area contributed by atoms with Crippen molar-refractivity contribution in [2.75, 3.05) is 26.0 Å². The summed E-state index contributed by atoms with van der Waals surface area (Å²) in [5.41, 5.74) is -0.854. The summed E-state index contributed by atoms with van der Waals surface area (Å²) >= 11 is 0.